The summed E-state index contributed by atoms with van der Waals surface area (Å²) < 4.78 is 0. The third-order valence-electron chi connectivity index (χ3n) is 3.39. The standard InChI is InChI=1S/C14H24O/c1-11(2)9-13-6-7-14(5-4-8-15)12(3)10-13/h7-8,11-13H,4-6,9-10H2,1-3H3/t12-,13-/m0/s1. The summed E-state index contributed by atoms with van der Waals surface area (Å²) in [7, 11) is 0. The molecule has 0 N–H and O–H groups in total. The maximum atomic E-state index is 10.3. The lowest BCUT2D eigenvalue weighted by Crippen LogP contribution is -2.15. The van der Waals surface area contributed by atoms with Gasteiger partial charge in [-0.05, 0) is 43.4 Å². The summed E-state index contributed by atoms with van der Waals surface area (Å²) in [4.78, 5) is 10.3. The van der Waals surface area contributed by atoms with Gasteiger partial charge in [-0.1, -0.05) is 32.4 Å². The Morgan fingerprint density at radius 3 is 2.80 bits per heavy atom. The lowest BCUT2D eigenvalue weighted by molar-refractivity contribution is -0.107. The average Bonchev–Trinajstić information content (AvgIpc) is 2.15. The molecule has 0 spiro atoms. The molecule has 0 bridgehead atoms. The first-order valence-corrected chi connectivity index (χ1v) is 6.26. The van der Waals surface area contributed by atoms with E-state index in [1.807, 2.05) is 0 Å². The second kappa shape index (κ2) is 6.09. The summed E-state index contributed by atoms with van der Waals surface area (Å²) in [6.45, 7) is 6.91. The van der Waals surface area contributed by atoms with E-state index in [2.05, 4.69) is 26.8 Å². The highest BCUT2D eigenvalue weighted by Crippen LogP contribution is 2.34. The quantitative estimate of drug-likeness (QED) is 0.493. The Labute approximate surface area is 93.9 Å². The van der Waals surface area contributed by atoms with Crippen molar-refractivity contribution in [2.75, 3.05) is 0 Å². The molecule has 0 heterocycles. The van der Waals surface area contributed by atoms with Gasteiger partial charge in [0.15, 0.2) is 0 Å². The molecule has 0 aromatic carbocycles. The normalized spacial score (nSPS) is 26.5. The van der Waals surface area contributed by atoms with E-state index in [1.165, 1.54) is 24.8 Å². The number of hydrogen-bond donors (Lipinski definition) is 0. The van der Waals surface area contributed by atoms with E-state index in [1.54, 1.807) is 0 Å². The van der Waals surface area contributed by atoms with Crippen molar-refractivity contribution in [2.24, 2.45) is 17.8 Å². The largest absolute Gasteiger partial charge is 0.303 e. The molecule has 86 valence electrons. The molecule has 0 aliphatic heterocycles. The fourth-order valence-corrected chi connectivity index (χ4v) is 2.70. The minimum absolute atomic E-state index is 0.697. The minimum Gasteiger partial charge on any atom is -0.303 e. The highest BCUT2D eigenvalue weighted by molar-refractivity contribution is 5.50. The third kappa shape index (κ3) is 4.19. The smallest absolute Gasteiger partial charge is 0.120 e. The first-order valence-electron chi connectivity index (χ1n) is 6.26. The average molecular weight is 208 g/mol. The molecule has 1 rings (SSSR count). The van der Waals surface area contributed by atoms with E-state index in [-0.39, 0.29) is 0 Å². The Morgan fingerprint density at radius 2 is 2.27 bits per heavy atom. The second-order valence-electron chi connectivity index (χ2n) is 5.35. The van der Waals surface area contributed by atoms with E-state index in [9.17, 15) is 4.79 Å². The molecule has 0 unspecified atom stereocenters. The molecule has 1 nitrogen and oxygen atoms in total. The molecule has 1 aliphatic rings. The number of carbonyl (C=O) groups is 1. The van der Waals surface area contributed by atoms with Crippen LogP contribution in [0.5, 0.6) is 0 Å². The van der Waals surface area contributed by atoms with Crippen molar-refractivity contribution in [3.8, 4) is 0 Å². The SMILES string of the molecule is CC(C)C[C@@H]1CC=C(CCC=O)[C@@H](C)C1. The lowest BCUT2D eigenvalue weighted by atomic mass is 9.77. The van der Waals surface area contributed by atoms with Crippen LogP contribution in [0.4, 0.5) is 0 Å². The predicted molar refractivity (Wildman–Crippen MR) is 64.7 cm³/mol. The molecule has 0 amide bonds. The van der Waals surface area contributed by atoms with Crippen molar-refractivity contribution in [1.29, 1.82) is 0 Å². The molecule has 0 aromatic heterocycles. The van der Waals surface area contributed by atoms with Crippen LogP contribution in [-0.4, -0.2) is 6.29 Å². The van der Waals surface area contributed by atoms with Crippen molar-refractivity contribution >= 4 is 6.29 Å². The maximum absolute atomic E-state index is 10.3. The Morgan fingerprint density at radius 1 is 1.53 bits per heavy atom. The fourth-order valence-electron chi connectivity index (χ4n) is 2.70. The van der Waals surface area contributed by atoms with Crippen LogP contribution in [0.15, 0.2) is 11.6 Å². The van der Waals surface area contributed by atoms with Gasteiger partial charge < -0.3 is 4.79 Å². The van der Waals surface area contributed by atoms with E-state index in [0.29, 0.717) is 12.3 Å². The van der Waals surface area contributed by atoms with Gasteiger partial charge in [-0.15, -0.1) is 0 Å². The minimum atomic E-state index is 0.697. The monoisotopic (exact) mass is 208 g/mol. The van der Waals surface area contributed by atoms with Gasteiger partial charge in [0, 0.05) is 6.42 Å². The van der Waals surface area contributed by atoms with Crippen LogP contribution in [0, 0.1) is 17.8 Å². The molecular formula is C14H24O. The lowest BCUT2D eigenvalue weighted by Gasteiger charge is -2.28. The predicted octanol–water partition coefficient (Wildman–Crippen LogP) is 3.98. The summed E-state index contributed by atoms with van der Waals surface area (Å²) in [5, 5.41) is 0. The zero-order chi connectivity index (χ0) is 11.3. The van der Waals surface area contributed by atoms with Crippen molar-refractivity contribution in [3.63, 3.8) is 0 Å². The topological polar surface area (TPSA) is 17.1 Å². The summed E-state index contributed by atoms with van der Waals surface area (Å²) >= 11 is 0. The van der Waals surface area contributed by atoms with Crippen LogP contribution >= 0.6 is 0 Å². The van der Waals surface area contributed by atoms with Crippen molar-refractivity contribution < 1.29 is 4.79 Å². The molecule has 15 heavy (non-hydrogen) atoms. The Hall–Kier alpha value is -0.590. The zero-order valence-corrected chi connectivity index (χ0v) is 10.3. The van der Waals surface area contributed by atoms with Gasteiger partial charge >= 0.3 is 0 Å². The van der Waals surface area contributed by atoms with Gasteiger partial charge in [-0.25, -0.2) is 0 Å². The van der Waals surface area contributed by atoms with Gasteiger partial charge in [0.05, 0.1) is 0 Å². The number of allylic oxidation sites excluding steroid dienone is 2. The number of aldehydes is 1. The highest BCUT2D eigenvalue weighted by atomic mass is 16.1. The number of hydrogen-bond acceptors (Lipinski definition) is 1. The van der Waals surface area contributed by atoms with Crippen molar-refractivity contribution in [1.82, 2.24) is 0 Å². The summed E-state index contributed by atoms with van der Waals surface area (Å²) in [5.74, 6) is 2.38. The molecule has 0 fully saturated rings. The molecule has 1 aliphatic carbocycles. The summed E-state index contributed by atoms with van der Waals surface area (Å²) in [6.07, 6.45) is 9.02. The van der Waals surface area contributed by atoms with Crippen LogP contribution in [-0.2, 0) is 4.79 Å². The summed E-state index contributed by atoms with van der Waals surface area (Å²) in [5.41, 5.74) is 1.52. The zero-order valence-electron chi connectivity index (χ0n) is 10.3. The Kier molecular flexibility index (Phi) is 5.07. The number of carbonyl (C=O) groups excluding carboxylic acids is 1. The van der Waals surface area contributed by atoms with Gasteiger partial charge in [0.25, 0.3) is 0 Å². The molecule has 0 saturated carbocycles. The molecule has 0 radical (unpaired) electrons. The van der Waals surface area contributed by atoms with E-state index in [4.69, 9.17) is 0 Å². The Bertz CT molecular complexity index is 227. The first kappa shape index (κ1) is 12.5. The molecule has 1 heteroatoms. The van der Waals surface area contributed by atoms with Crippen LogP contribution < -0.4 is 0 Å². The van der Waals surface area contributed by atoms with Gasteiger partial charge in [-0.3, -0.25) is 0 Å². The summed E-state index contributed by atoms with van der Waals surface area (Å²) in [6, 6.07) is 0. The van der Waals surface area contributed by atoms with Crippen molar-refractivity contribution in [3.05, 3.63) is 11.6 Å². The molecule has 2 atom stereocenters. The van der Waals surface area contributed by atoms with Crippen LogP contribution in [0.1, 0.15) is 52.9 Å². The fraction of sp³-hybridized carbons (Fsp3) is 0.786. The third-order valence-corrected chi connectivity index (χ3v) is 3.39. The van der Waals surface area contributed by atoms with E-state index < -0.39 is 0 Å². The first-order chi connectivity index (χ1) is 7.13. The molecular weight excluding hydrogens is 184 g/mol. The maximum Gasteiger partial charge on any atom is 0.120 e. The van der Waals surface area contributed by atoms with Gasteiger partial charge in [-0.2, -0.15) is 0 Å². The van der Waals surface area contributed by atoms with Crippen molar-refractivity contribution in [2.45, 2.75) is 52.9 Å². The van der Waals surface area contributed by atoms with Gasteiger partial charge in [0.1, 0.15) is 6.29 Å². The van der Waals surface area contributed by atoms with E-state index >= 15 is 0 Å². The molecule has 0 aromatic rings. The molecule has 0 saturated heterocycles. The highest BCUT2D eigenvalue weighted by Gasteiger charge is 2.20. The van der Waals surface area contributed by atoms with E-state index in [0.717, 1.165) is 24.5 Å². The van der Waals surface area contributed by atoms with Gasteiger partial charge in [0.2, 0.25) is 0 Å². The van der Waals surface area contributed by atoms with Crippen LogP contribution in [0.2, 0.25) is 0 Å². The van der Waals surface area contributed by atoms with Crippen LogP contribution in [0.25, 0.3) is 0 Å². The number of rotatable bonds is 5. The Balaban J connectivity index is 2.44. The second-order valence-corrected chi connectivity index (χ2v) is 5.35. The van der Waals surface area contributed by atoms with Crippen LogP contribution in [0.3, 0.4) is 0 Å².